The van der Waals surface area contributed by atoms with Gasteiger partial charge in [-0.3, -0.25) is 10.1 Å². The molecular weight excluding hydrogens is 288 g/mol. The van der Waals surface area contributed by atoms with Crippen LogP contribution in [-0.4, -0.2) is 28.1 Å². The largest absolute Gasteiger partial charge is 0.399 e. The van der Waals surface area contributed by atoms with E-state index in [9.17, 15) is 18.5 Å². The smallest absolute Gasteiger partial charge is 0.291 e. The van der Waals surface area contributed by atoms with Crippen LogP contribution in [-0.2, 0) is 17.1 Å². The van der Waals surface area contributed by atoms with Crippen LogP contribution in [0.1, 0.15) is 0 Å². The molecule has 0 aliphatic carbocycles. The molecule has 0 amide bonds. The topological polar surface area (TPSA) is 146 Å². The minimum Gasteiger partial charge on any atom is -0.399 e. The van der Waals surface area contributed by atoms with Gasteiger partial charge < -0.3 is 5.73 Å². The summed E-state index contributed by atoms with van der Waals surface area (Å²) in [6, 6.07) is 3.30. The average molecular weight is 298 g/mol. The number of nitrogens with one attached hydrogen (secondary N) is 1. The van der Waals surface area contributed by atoms with Crippen molar-refractivity contribution in [3.8, 4) is 0 Å². The van der Waals surface area contributed by atoms with Gasteiger partial charge in [-0.15, -0.1) is 0 Å². The van der Waals surface area contributed by atoms with Crippen LogP contribution < -0.4 is 10.5 Å². The lowest BCUT2D eigenvalue weighted by molar-refractivity contribution is -0.387. The van der Waals surface area contributed by atoms with E-state index < -0.39 is 25.5 Å². The Labute approximate surface area is 113 Å². The fourth-order valence-electron chi connectivity index (χ4n) is 1.47. The summed E-state index contributed by atoms with van der Waals surface area (Å²) in [5.41, 5.74) is 4.90. The second-order valence-electron chi connectivity index (χ2n) is 3.80. The molecule has 0 spiro atoms. The number of rotatable bonds is 4. The first kappa shape index (κ1) is 13.7. The molecule has 1 heterocycles. The van der Waals surface area contributed by atoms with E-state index >= 15 is 0 Å². The van der Waals surface area contributed by atoms with Crippen LogP contribution in [0.15, 0.2) is 29.4 Å². The molecule has 0 unspecified atom stereocenters. The van der Waals surface area contributed by atoms with Gasteiger partial charge >= 0.3 is 0 Å². The third kappa shape index (κ3) is 2.51. The molecule has 0 saturated carbocycles. The molecule has 0 bridgehead atoms. The molecule has 106 valence electrons. The summed E-state index contributed by atoms with van der Waals surface area (Å²) in [5.74, 6) is -0.0591. The minimum atomic E-state index is -4.17. The highest BCUT2D eigenvalue weighted by Crippen LogP contribution is 2.27. The van der Waals surface area contributed by atoms with Gasteiger partial charge in [0.15, 0.2) is 4.90 Å². The van der Waals surface area contributed by atoms with Crippen molar-refractivity contribution in [2.75, 3.05) is 10.5 Å². The van der Waals surface area contributed by atoms with E-state index in [1.54, 1.807) is 0 Å². The fourth-order valence-corrected chi connectivity index (χ4v) is 2.66. The van der Waals surface area contributed by atoms with E-state index in [4.69, 9.17) is 5.73 Å². The third-order valence-corrected chi connectivity index (χ3v) is 3.78. The van der Waals surface area contributed by atoms with E-state index in [0.29, 0.717) is 0 Å². The average Bonchev–Trinajstić information content (AvgIpc) is 2.74. The molecule has 10 nitrogen and oxygen atoms in total. The summed E-state index contributed by atoms with van der Waals surface area (Å²) in [4.78, 5) is 13.3. The molecule has 2 aromatic rings. The van der Waals surface area contributed by atoms with Gasteiger partial charge in [-0.2, -0.15) is 10.1 Å². The summed E-state index contributed by atoms with van der Waals surface area (Å²) in [6.45, 7) is 0. The zero-order valence-electron chi connectivity index (χ0n) is 10.2. The molecule has 11 heteroatoms. The number of benzene rings is 1. The number of nitrogens with two attached hydrogens (primary N) is 1. The second kappa shape index (κ2) is 4.77. The van der Waals surface area contributed by atoms with Gasteiger partial charge in [0, 0.05) is 18.8 Å². The minimum absolute atomic E-state index is 0.0591. The van der Waals surface area contributed by atoms with Crippen LogP contribution in [0.4, 0.5) is 17.3 Å². The van der Waals surface area contributed by atoms with Crippen molar-refractivity contribution in [1.29, 1.82) is 0 Å². The number of nitro groups is 1. The first-order valence-electron chi connectivity index (χ1n) is 5.22. The number of aryl methyl sites for hydroxylation is 1. The van der Waals surface area contributed by atoms with Gasteiger partial charge in [-0.25, -0.2) is 17.8 Å². The van der Waals surface area contributed by atoms with Crippen molar-refractivity contribution in [2.24, 2.45) is 7.05 Å². The molecular formula is C9H10N6O4S. The molecule has 0 radical (unpaired) electrons. The molecule has 1 aromatic carbocycles. The number of anilines is 2. The standard InChI is InChI=1S/C9H10N6O4S/c1-14-9(11-5-12-14)13-20(18,19)8-3-2-6(10)4-7(8)15(16)17/h2-5H,10H2,1H3,(H,11,12,13). The van der Waals surface area contributed by atoms with Crippen molar-refractivity contribution < 1.29 is 13.3 Å². The van der Waals surface area contributed by atoms with Gasteiger partial charge in [0.25, 0.3) is 15.7 Å². The van der Waals surface area contributed by atoms with Crippen LogP contribution >= 0.6 is 0 Å². The monoisotopic (exact) mass is 298 g/mol. The number of hydrogen-bond donors (Lipinski definition) is 2. The maximum Gasteiger partial charge on any atom is 0.291 e. The SMILES string of the molecule is Cn1ncnc1NS(=O)(=O)c1ccc(N)cc1[N+](=O)[O-]. The summed E-state index contributed by atoms with van der Waals surface area (Å²) in [5, 5.41) is 14.6. The summed E-state index contributed by atoms with van der Waals surface area (Å²) in [7, 11) is -2.69. The van der Waals surface area contributed by atoms with Crippen LogP contribution in [0.5, 0.6) is 0 Å². The Morgan fingerprint density at radius 3 is 2.70 bits per heavy atom. The van der Waals surface area contributed by atoms with Crippen LogP contribution in [0, 0.1) is 10.1 Å². The Bertz CT molecular complexity index is 768. The van der Waals surface area contributed by atoms with Crippen LogP contribution in [0.25, 0.3) is 0 Å². The zero-order chi connectivity index (χ0) is 14.9. The van der Waals surface area contributed by atoms with Crippen LogP contribution in [0.2, 0.25) is 0 Å². The number of hydrogen-bond acceptors (Lipinski definition) is 7. The van der Waals surface area contributed by atoms with E-state index in [1.165, 1.54) is 17.8 Å². The number of sulfonamides is 1. The maximum absolute atomic E-state index is 12.2. The zero-order valence-corrected chi connectivity index (χ0v) is 11.0. The Hall–Kier alpha value is -2.69. The lowest BCUT2D eigenvalue weighted by Crippen LogP contribution is -2.17. The number of aromatic nitrogens is 3. The number of nitrogen functional groups attached to an aromatic ring is 1. The van der Waals surface area contributed by atoms with Crippen molar-refractivity contribution >= 4 is 27.3 Å². The summed E-state index contributed by atoms with van der Waals surface area (Å²) in [6.07, 6.45) is 1.15. The van der Waals surface area contributed by atoms with E-state index in [1.807, 2.05) is 0 Å². The predicted molar refractivity (Wildman–Crippen MR) is 69.3 cm³/mol. The summed E-state index contributed by atoms with van der Waals surface area (Å²) >= 11 is 0. The lowest BCUT2D eigenvalue weighted by Gasteiger charge is -2.07. The van der Waals surface area contributed by atoms with Gasteiger partial charge in [0.2, 0.25) is 5.95 Å². The van der Waals surface area contributed by atoms with Gasteiger partial charge in [0.05, 0.1) is 4.92 Å². The van der Waals surface area contributed by atoms with Gasteiger partial charge in [-0.05, 0) is 12.1 Å². The molecule has 0 atom stereocenters. The highest BCUT2D eigenvalue weighted by molar-refractivity contribution is 7.92. The molecule has 2 rings (SSSR count). The number of nitro benzene ring substituents is 1. The fraction of sp³-hybridized carbons (Fsp3) is 0.111. The molecule has 0 aliphatic rings. The molecule has 0 aliphatic heterocycles. The van der Waals surface area contributed by atoms with E-state index in [-0.39, 0.29) is 11.6 Å². The van der Waals surface area contributed by atoms with Gasteiger partial charge in [0.1, 0.15) is 6.33 Å². The molecule has 1 aromatic heterocycles. The first-order valence-corrected chi connectivity index (χ1v) is 6.70. The Balaban J connectivity index is 2.50. The van der Waals surface area contributed by atoms with Crippen molar-refractivity contribution in [1.82, 2.24) is 14.8 Å². The third-order valence-electron chi connectivity index (χ3n) is 2.41. The lowest BCUT2D eigenvalue weighted by atomic mass is 10.3. The quantitative estimate of drug-likeness (QED) is 0.462. The van der Waals surface area contributed by atoms with E-state index in [0.717, 1.165) is 18.5 Å². The molecule has 0 fully saturated rings. The van der Waals surface area contributed by atoms with Crippen molar-refractivity contribution in [3.05, 3.63) is 34.6 Å². The first-order chi connectivity index (χ1) is 9.31. The Morgan fingerprint density at radius 1 is 1.45 bits per heavy atom. The van der Waals surface area contributed by atoms with Crippen LogP contribution in [0.3, 0.4) is 0 Å². The Morgan fingerprint density at radius 2 is 2.15 bits per heavy atom. The predicted octanol–water partition coefficient (Wildman–Crippen LogP) is 0.106. The second-order valence-corrected chi connectivity index (χ2v) is 5.45. The molecule has 0 saturated heterocycles. The van der Waals surface area contributed by atoms with Crippen molar-refractivity contribution in [2.45, 2.75) is 4.90 Å². The highest BCUT2D eigenvalue weighted by Gasteiger charge is 2.27. The molecule has 20 heavy (non-hydrogen) atoms. The summed E-state index contributed by atoms with van der Waals surface area (Å²) < 4.78 is 27.6. The van der Waals surface area contributed by atoms with E-state index in [2.05, 4.69) is 14.8 Å². The highest BCUT2D eigenvalue weighted by atomic mass is 32.2. The molecule has 3 N–H and O–H groups in total. The number of nitrogens with zero attached hydrogens (tertiary/aromatic N) is 4. The maximum atomic E-state index is 12.2. The van der Waals surface area contributed by atoms with Crippen molar-refractivity contribution in [3.63, 3.8) is 0 Å². The normalized spacial score (nSPS) is 11.2. The van der Waals surface area contributed by atoms with Gasteiger partial charge in [-0.1, -0.05) is 0 Å². The Kier molecular flexibility index (Phi) is 3.28.